The lowest BCUT2D eigenvalue weighted by molar-refractivity contribution is 0.943. The van der Waals surface area contributed by atoms with Crippen LogP contribution in [0.5, 0.6) is 0 Å². The third kappa shape index (κ3) is 2.85. The maximum Gasteiger partial charge on any atom is 0.136 e. The topological polar surface area (TPSA) is 25.8 Å². The molecular formula is C14H15ClN2S. The van der Waals surface area contributed by atoms with Gasteiger partial charge < -0.3 is 0 Å². The number of halogens is 1. The van der Waals surface area contributed by atoms with Gasteiger partial charge in [-0.15, -0.1) is 0 Å². The Morgan fingerprint density at radius 1 is 1.22 bits per heavy atom. The third-order valence-electron chi connectivity index (χ3n) is 2.74. The average molecular weight is 279 g/mol. The standard InChI is InChI=1S/C14H15ClN2S/c1-4-11-13(15)16-8-17-14(11)18-12-6-5-9(2)7-10(12)3/h5-8H,4H2,1-3H3. The molecule has 4 heteroatoms. The minimum Gasteiger partial charge on any atom is -0.229 e. The molecule has 2 aromatic rings. The van der Waals surface area contributed by atoms with Crippen molar-refractivity contribution in [2.45, 2.75) is 37.1 Å². The molecule has 0 bridgehead atoms. The van der Waals surface area contributed by atoms with Crippen molar-refractivity contribution in [3.8, 4) is 0 Å². The Balaban J connectivity index is 2.37. The first-order chi connectivity index (χ1) is 8.61. The molecule has 18 heavy (non-hydrogen) atoms. The second-order valence-electron chi connectivity index (χ2n) is 4.17. The van der Waals surface area contributed by atoms with Crippen LogP contribution in [0.4, 0.5) is 0 Å². The molecule has 0 radical (unpaired) electrons. The number of hydrogen-bond acceptors (Lipinski definition) is 3. The van der Waals surface area contributed by atoms with E-state index in [0.29, 0.717) is 5.15 Å². The zero-order valence-corrected chi connectivity index (χ0v) is 12.3. The molecule has 0 saturated heterocycles. The lowest BCUT2D eigenvalue weighted by Gasteiger charge is -2.09. The largest absolute Gasteiger partial charge is 0.229 e. The van der Waals surface area contributed by atoms with Gasteiger partial charge in [0.2, 0.25) is 0 Å². The van der Waals surface area contributed by atoms with Gasteiger partial charge in [0.1, 0.15) is 16.5 Å². The normalized spacial score (nSPS) is 10.7. The van der Waals surface area contributed by atoms with Crippen molar-refractivity contribution < 1.29 is 0 Å². The molecule has 0 atom stereocenters. The van der Waals surface area contributed by atoms with Gasteiger partial charge in [-0.3, -0.25) is 0 Å². The van der Waals surface area contributed by atoms with Crippen molar-refractivity contribution in [3.63, 3.8) is 0 Å². The van der Waals surface area contributed by atoms with E-state index in [-0.39, 0.29) is 0 Å². The molecule has 2 nitrogen and oxygen atoms in total. The van der Waals surface area contributed by atoms with Gasteiger partial charge in [-0.2, -0.15) is 0 Å². The van der Waals surface area contributed by atoms with Gasteiger partial charge in [-0.25, -0.2) is 9.97 Å². The number of hydrogen-bond donors (Lipinski definition) is 0. The molecule has 0 N–H and O–H groups in total. The van der Waals surface area contributed by atoms with E-state index >= 15 is 0 Å². The lowest BCUT2D eigenvalue weighted by Crippen LogP contribution is -1.94. The van der Waals surface area contributed by atoms with Crippen LogP contribution in [0.15, 0.2) is 34.4 Å². The van der Waals surface area contributed by atoms with Crippen LogP contribution in [-0.2, 0) is 6.42 Å². The Bertz CT molecular complexity index is 570. The minimum atomic E-state index is 0.555. The number of aromatic nitrogens is 2. The van der Waals surface area contributed by atoms with Gasteiger partial charge in [0.25, 0.3) is 0 Å². The maximum absolute atomic E-state index is 6.10. The van der Waals surface area contributed by atoms with Gasteiger partial charge in [-0.05, 0) is 31.9 Å². The highest BCUT2D eigenvalue weighted by atomic mass is 35.5. The second-order valence-corrected chi connectivity index (χ2v) is 5.56. The summed E-state index contributed by atoms with van der Waals surface area (Å²) >= 11 is 7.75. The molecule has 0 aliphatic heterocycles. The van der Waals surface area contributed by atoms with Crippen molar-refractivity contribution in [2.24, 2.45) is 0 Å². The number of nitrogens with zero attached hydrogens (tertiary/aromatic N) is 2. The molecule has 0 unspecified atom stereocenters. The van der Waals surface area contributed by atoms with Crippen molar-refractivity contribution in [1.82, 2.24) is 9.97 Å². The molecule has 2 rings (SSSR count). The SMILES string of the molecule is CCc1c(Cl)ncnc1Sc1ccc(C)cc1C. The summed E-state index contributed by atoms with van der Waals surface area (Å²) < 4.78 is 0. The summed E-state index contributed by atoms with van der Waals surface area (Å²) in [4.78, 5) is 9.58. The Kier molecular flexibility index (Phi) is 4.25. The molecule has 0 spiro atoms. The Morgan fingerprint density at radius 3 is 2.67 bits per heavy atom. The highest BCUT2D eigenvalue weighted by Gasteiger charge is 2.10. The molecule has 0 aliphatic carbocycles. The zero-order valence-electron chi connectivity index (χ0n) is 10.7. The average Bonchev–Trinajstić information content (AvgIpc) is 2.33. The first kappa shape index (κ1) is 13.4. The third-order valence-corrected chi connectivity index (χ3v) is 4.29. The van der Waals surface area contributed by atoms with Gasteiger partial charge in [-0.1, -0.05) is 48.0 Å². The highest BCUT2D eigenvalue weighted by molar-refractivity contribution is 7.99. The summed E-state index contributed by atoms with van der Waals surface area (Å²) in [7, 11) is 0. The van der Waals surface area contributed by atoms with E-state index in [2.05, 4.69) is 48.9 Å². The molecule has 1 aromatic carbocycles. The van der Waals surface area contributed by atoms with Crippen LogP contribution in [0.25, 0.3) is 0 Å². The minimum absolute atomic E-state index is 0.555. The van der Waals surface area contributed by atoms with E-state index < -0.39 is 0 Å². The molecular weight excluding hydrogens is 264 g/mol. The van der Waals surface area contributed by atoms with Crippen LogP contribution in [0.2, 0.25) is 5.15 Å². The zero-order chi connectivity index (χ0) is 13.1. The van der Waals surface area contributed by atoms with E-state index in [9.17, 15) is 0 Å². The summed E-state index contributed by atoms with van der Waals surface area (Å²) in [6.07, 6.45) is 2.36. The van der Waals surface area contributed by atoms with E-state index in [1.807, 2.05) is 0 Å². The van der Waals surface area contributed by atoms with Crippen LogP contribution in [0.3, 0.4) is 0 Å². The van der Waals surface area contributed by atoms with Crippen LogP contribution in [0.1, 0.15) is 23.6 Å². The Hall–Kier alpha value is -1.06. The van der Waals surface area contributed by atoms with Gasteiger partial charge >= 0.3 is 0 Å². The summed E-state index contributed by atoms with van der Waals surface area (Å²) in [6, 6.07) is 6.42. The lowest BCUT2D eigenvalue weighted by atomic mass is 10.2. The molecule has 94 valence electrons. The van der Waals surface area contributed by atoms with Crippen molar-refractivity contribution in [2.75, 3.05) is 0 Å². The van der Waals surface area contributed by atoms with Crippen LogP contribution < -0.4 is 0 Å². The van der Waals surface area contributed by atoms with Crippen molar-refractivity contribution in [3.05, 3.63) is 46.4 Å². The number of rotatable bonds is 3. The molecule has 1 heterocycles. The monoisotopic (exact) mass is 278 g/mol. The maximum atomic E-state index is 6.10. The molecule has 1 aromatic heterocycles. The fraction of sp³-hybridized carbons (Fsp3) is 0.286. The molecule has 0 aliphatic rings. The van der Waals surface area contributed by atoms with E-state index in [0.717, 1.165) is 17.0 Å². The van der Waals surface area contributed by atoms with Crippen LogP contribution in [-0.4, -0.2) is 9.97 Å². The van der Waals surface area contributed by atoms with Gasteiger partial charge in [0, 0.05) is 10.5 Å². The van der Waals surface area contributed by atoms with Crippen molar-refractivity contribution >= 4 is 23.4 Å². The van der Waals surface area contributed by atoms with Gasteiger partial charge in [0.05, 0.1) is 0 Å². The fourth-order valence-electron chi connectivity index (χ4n) is 1.78. The molecule has 0 amide bonds. The Morgan fingerprint density at radius 2 is 2.00 bits per heavy atom. The van der Waals surface area contributed by atoms with Crippen molar-refractivity contribution in [1.29, 1.82) is 0 Å². The Labute approximate surface area is 117 Å². The smallest absolute Gasteiger partial charge is 0.136 e. The quantitative estimate of drug-likeness (QED) is 0.775. The summed E-state index contributed by atoms with van der Waals surface area (Å²) in [5.41, 5.74) is 3.55. The van der Waals surface area contributed by atoms with Crippen LogP contribution in [0, 0.1) is 13.8 Å². The van der Waals surface area contributed by atoms with E-state index in [1.165, 1.54) is 22.3 Å². The molecule has 0 saturated carbocycles. The van der Waals surface area contributed by atoms with Crippen LogP contribution >= 0.6 is 23.4 Å². The number of benzene rings is 1. The molecule has 0 fully saturated rings. The predicted octanol–water partition coefficient (Wildman–Crippen LogP) is 4.46. The van der Waals surface area contributed by atoms with E-state index in [4.69, 9.17) is 11.6 Å². The predicted molar refractivity (Wildman–Crippen MR) is 76.5 cm³/mol. The highest BCUT2D eigenvalue weighted by Crippen LogP contribution is 2.33. The first-order valence-electron chi connectivity index (χ1n) is 5.86. The summed E-state index contributed by atoms with van der Waals surface area (Å²) in [5, 5.41) is 1.50. The summed E-state index contributed by atoms with van der Waals surface area (Å²) in [6.45, 7) is 6.28. The number of aryl methyl sites for hydroxylation is 2. The summed E-state index contributed by atoms with van der Waals surface area (Å²) in [5.74, 6) is 0. The van der Waals surface area contributed by atoms with E-state index in [1.54, 1.807) is 11.8 Å². The second kappa shape index (κ2) is 5.72. The van der Waals surface area contributed by atoms with Gasteiger partial charge in [0.15, 0.2) is 0 Å². The first-order valence-corrected chi connectivity index (χ1v) is 7.05. The fourth-order valence-corrected chi connectivity index (χ4v) is 3.13.